The van der Waals surface area contributed by atoms with Crippen molar-refractivity contribution in [1.82, 2.24) is 15.2 Å². The molecule has 0 radical (unpaired) electrons. The van der Waals surface area contributed by atoms with E-state index in [9.17, 15) is 9.59 Å². The molecule has 1 fully saturated rings. The van der Waals surface area contributed by atoms with E-state index >= 15 is 0 Å². The van der Waals surface area contributed by atoms with E-state index in [1.165, 1.54) is 0 Å². The highest BCUT2D eigenvalue weighted by Gasteiger charge is 2.28. The lowest BCUT2D eigenvalue weighted by molar-refractivity contribution is -0.142. The van der Waals surface area contributed by atoms with E-state index in [1.807, 2.05) is 24.1 Å². The Morgan fingerprint density at radius 1 is 1.39 bits per heavy atom. The first kappa shape index (κ1) is 17.7. The van der Waals surface area contributed by atoms with Crippen LogP contribution in [0.5, 0.6) is 0 Å². The van der Waals surface area contributed by atoms with Crippen LogP contribution in [-0.4, -0.2) is 45.6 Å². The smallest absolute Gasteiger partial charge is 0.317 e. The van der Waals surface area contributed by atoms with E-state index in [-0.39, 0.29) is 24.0 Å². The van der Waals surface area contributed by atoms with Gasteiger partial charge in [0.05, 0.1) is 10.9 Å². The molecule has 6 nitrogen and oxygen atoms in total. The first-order valence-corrected chi connectivity index (χ1v) is 9.03. The zero-order chi connectivity index (χ0) is 16.8. The third-order valence-corrected chi connectivity index (χ3v) is 5.18. The van der Waals surface area contributed by atoms with Crippen molar-refractivity contribution in [1.29, 1.82) is 0 Å². The van der Waals surface area contributed by atoms with Crippen molar-refractivity contribution < 1.29 is 14.7 Å². The Balaban J connectivity index is 1.82. The van der Waals surface area contributed by atoms with Crippen LogP contribution in [0.4, 0.5) is 4.79 Å². The molecule has 0 spiro atoms. The van der Waals surface area contributed by atoms with E-state index in [2.05, 4.69) is 10.3 Å². The lowest BCUT2D eigenvalue weighted by Gasteiger charge is -2.32. The number of nitrogens with one attached hydrogen (secondary N) is 1. The second-order valence-corrected chi connectivity index (χ2v) is 7.28. The monoisotopic (exact) mass is 339 g/mol. The fraction of sp³-hybridized carbons (Fsp3) is 0.688. The van der Waals surface area contributed by atoms with Crippen LogP contribution in [0.2, 0.25) is 0 Å². The predicted molar refractivity (Wildman–Crippen MR) is 89.6 cm³/mol. The molecule has 2 amide bonds. The molecule has 1 aliphatic carbocycles. The molecule has 1 aromatic heterocycles. The lowest BCUT2D eigenvalue weighted by atomic mass is 9.86. The Kier molecular flexibility index (Phi) is 6.38. The van der Waals surface area contributed by atoms with Gasteiger partial charge in [0.1, 0.15) is 0 Å². The number of hydrogen-bond donors (Lipinski definition) is 2. The number of carbonyl (C=O) groups is 2. The molecular weight excluding hydrogens is 314 g/mol. The van der Waals surface area contributed by atoms with Gasteiger partial charge in [-0.25, -0.2) is 9.78 Å². The Labute approximate surface area is 140 Å². The molecule has 1 heterocycles. The maximum Gasteiger partial charge on any atom is 0.317 e. The molecule has 1 aromatic rings. The number of thiazole rings is 1. The van der Waals surface area contributed by atoms with E-state index in [0.29, 0.717) is 19.4 Å². The molecule has 1 aliphatic rings. The standard InChI is InChI=1S/C16H25N3O3S/c1-11(2)19(9-7-14-17-8-10-23-14)16(22)18-13-5-3-12(4-6-13)15(20)21/h8,10-13H,3-7,9H2,1-2H3,(H,18,22)(H,20,21). The number of nitrogens with zero attached hydrogens (tertiary/aromatic N) is 2. The van der Waals surface area contributed by atoms with Crippen LogP contribution in [0.1, 0.15) is 44.5 Å². The summed E-state index contributed by atoms with van der Waals surface area (Å²) in [5, 5.41) is 15.1. The van der Waals surface area contributed by atoms with Crippen LogP contribution < -0.4 is 5.32 Å². The van der Waals surface area contributed by atoms with Gasteiger partial charge in [-0.2, -0.15) is 0 Å². The van der Waals surface area contributed by atoms with Gasteiger partial charge in [0.25, 0.3) is 0 Å². The Morgan fingerprint density at radius 2 is 2.09 bits per heavy atom. The van der Waals surface area contributed by atoms with Crippen molar-refractivity contribution in [3.63, 3.8) is 0 Å². The second kappa shape index (κ2) is 8.29. The van der Waals surface area contributed by atoms with E-state index in [4.69, 9.17) is 5.11 Å². The minimum Gasteiger partial charge on any atom is -0.481 e. The minimum atomic E-state index is -0.720. The summed E-state index contributed by atoms with van der Waals surface area (Å²) in [5.74, 6) is -0.976. The lowest BCUT2D eigenvalue weighted by Crippen LogP contribution is -2.49. The van der Waals surface area contributed by atoms with Gasteiger partial charge in [-0.1, -0.05) is 0 Å². The fourth-order valence-electron chi connectivity index (χ4n) is 2.93. The molecule has 0 unspecified atom stereocenters. The number of aliphatic carboxylic acids is 1. The number of aromatic nitrogens is 1. The van der Waals surface area contributed by atoms with Crippen molar-refractivity contribution in [3.05, 3.63) is 16.6 Å². The Hall–Kier alpha value is -1.63. The molecule has 1 saturated carbocycles. The number of hydrogen-bond acceptors (Lipinski definition) is 4. The summed E-state index contributed by atoms with van der Waals surface area (Å²) in [4.78, 5) is 29.6. The van der Waals surface area contributed by atoms with E-state index < -0.39 is 5.97 Å². The zero-order valence-corrected chi connectivity index (χ0v) is 14.5. The highest BCUT2D eigenvalue weighted by Crippen LogP contribution is 2.24. The average Bonchev–Trinajstić information content (AvgIpc) is 3.01. The maximum atomic E-state index is 12.5. The molecule has 0 aromatic carbocycles. The van der Waals surface area contributed by atoms with Gasteiger partial charge >= 0.3 is 12.0 Å². The van der Waals surface area contributed by atoms with Crippen molar-refractivity contribution in [2.45, 2.75) is 58.0 Å². The molecule has 2 N–H and O–H groups in total. The highest BCUT2D eigenvalue weighted by molar-refractivity contribution is 7.09. The zero-order valence-electron chi connectivity index (χ0n) is 13.7. The second-order valence-electron chi connectivity index (χ2n) is 6.30. The molecule has 0 bridgehead atoms. The van der Waals surface area contributed by atoms with Gasteiger partial charge in [-0.15, -0.1) is 11.3 Å². The van der Waals surface area contributed by atoms with Crippen LogP contribution in [0.15, 0.2) is 11.6 Å². The molecule has 0 atom stereocenters. The van der Waals surface area contributed by atoms with Crippen molar-refractivity contribution >= 4 is 23.3 Å². The van der Waals surface area contributed by atoms with Gasteiger partial charge in [0, 0.05) is 36.6 Å². The number of amides is 2. The number of rotatable bonds is 6. The Morgan fingerprint density at radius 3 is 2.61 bits per heavy atom. The largest absolute Gasteiger partial charge is 0.481 e. The van der Waals surface area contributed by atoms with Crippen LogP contribution in [0.25, 0.3) is 0 Å². The summed E-state index contributed by atoms with van der Waals surface area (Å²) in [7, 11) is 0. The van der Waals surface area contributed by atoms with Crippen molar-refractivity contribution in [3.8, 4) is 0 Å². The fourth-order valence-corrected chi connectivity index (χ4v) is 3.54. The predicted octanol–water partition coefficient (Wildman–Crippen LogP) is 2.75. The summed E-state index contributed by atoms with van der Waals surface area (Å²) in [6.45, 7) is 4.65. The van der Waals surface area contributed by atoms with Gasteiger partial charge in [-0.05, 0) is 39.5 Å². The molecule has 7 heteroatoms. The number of carboxylic acid groups (broad SMARTS) is 1. The van der Waals surface area contributed by atoms with Crippen LogP contribution in [0, 0.1) is 5.92 Å². The number of carboxylic acids is 1. The normalized spacial score (nSPS) is 21.2. The van der Waals surface area contributed by atoms with Gasteiger partial charge in [-0.3, -0.25) is 4.79 Å². The first-order chi connectivity index (χ1) is 11.0. The van der Waals surface area contributed by atoms with Crippen LogP contribution in [-0.2, 0) is 11.2 Å². The van der Waals surface area contributed by atoms with Gasteiger partial charge in [0.2, 0.25) is 0 Å². The summed E-state index contributed by atoms with van der Waals surface area (Å²) in [5.41, 5.74) is 0. The highest BCUT2D eigenvalue weighted by atomic mass is 32.1. The van der Waals surface area contributed by atoms with Gasteiger partial charge < -0.3 is 15.3 Å². The minimum absolute atomic E-state index is 0.0599. The molecular formula is C16H25N3O3S. The summed E-state index contributed by atoms with van der Waals surface area (Å²) in [6.07, 6.45) is 5.29. The molecule has 2 rings (SSSR count). The van der Waals surface area contributed by atoms with Crippen LogP contribution in [0.3, 0.4) is 0 Å². The summed E-state index contributed by atoms with van der Waals surface area (Å²) < 4.78 is 0. The van der Waals surface area contributed by atoms with Crippen molar-refractivity contribution in [2.75, 3.05) is 6.54 Å². The SMILES string of the molecule is CC(C)N(CCc1nccs1)C(=O)NC1CCC(C(=O)O)CC1. The van der Waals surface area contributed by atoms with Gasteiger partial charge in [0.15, 0.2) is 0 Å². The third kappa shape index (κ3) is 5.20. The number of urea groups is 1. The summed E-state index contributed by atoms with van der Waals surface area (Å²) in [6, 6.07) is 0.139. The van der Waals surface area contributed by atoms with E-state index in [0.717, 1.165) is 24.3 Å². The molecule has 23 heavy (non-hydrogen) atoms. The molecule has 128 valence electrons. The topological polar surface area (TPSA) is 82.5 Å². The molecule has 0 saturated heterocycles. The Bertz CT molecular complexity index is 511. The maximum absolute atomic E-state index is 12.5. The average molecular weight is 339 g/mol. The van der Waals surface area contributed by atoms with Crippen LogP contribution >= 0.6 is 11.3 Å². The first-order valence-electron chi connectivity index (χ1n) is 8.15. The third-order valence-electron chi connectivity index (χ3n) is 4.34. The number of carbonyl (C=O) groups excluding carboxylic acids is 1. The quantitative estimate of drug-likeness (QED) is 0.835. The summed E-state index contributed by atoms with van der Waals surface area (Å²) >= 11 is 1.60. The van der Waals surface area contributed by atoms with E-state index in [1.54, 1.807) is 17.5 Å². The molecule has 0 aliphatic heterocycles. The van der Waals surface area contributed by atoms with Crippen molar-refractivity contribution in [2.24, 2.45) is 5.92 Å².